The molecule has 0 unspecified atom stereocenters. The number of pyridine rings is 1. The van der Waals surface area contributed by atoms with Gasteiger partial charge in [0, 0.05) is 13.6 Å². The van der Waals surface area contributed by atoms with Gasteiger partial charge in [-0.1, -0.05) is 19.9 Å². The number of hydrogen-bond donors (Lipinski definition) is 2. The second kappa shape index (κ2) is 7.37. The lowest BCUT2D eigenvalue weighted by atomic mass is 10.2. The third kappa shape index (κ3) is 5.21. The molecule has 114 valence electrons. The average molecular weight is 293 g/mol. The first-order chi connectivity index (χ1) is 9.81. The number of carbonyl (C=O) groups excluding carboxylic acids is 2. The van der Waals surface area contributed by atoms with Crippen molar-refractivity contribution in [2.45, 2.75) is 13.8 Å². The molecule has 0 bridgehead atoms. The van der Waals surface area contributed by atoms with Crippen molar-refractivity contribution >= 4 is 17.8 Å². The van der Waals surface area contributed by atoms with Crippen LogP contribution in [0.25, 0.3) is 0 Å². The molecule has 0 saturated heterocycles. The van der Waals surface area contributed by atoms with Crippen molar-refractivity contribution < 1.29 is 19.5 Å². The van der Waals surface area contributed by atoms with Crippen molar-refractivity contribution in [1.29, 1.82) is 0 Å². The van der Waals surface area contributed by atoms with Crippen molar-refractivity contribution in [3.63, 3.8) is 0 Å². The molecule has 2 amide bonds. The fraction of sp³-hybridized carbons (Fsp3) is 0.429. The first-order valence-corrected chi connectivity index (χ1v) is 6.53. The van der Waals surface area contributed by atoms with Crippen LogP contribution >= 0.6 is 0 Å². The van der Waals surface area contributed by atoms with Crippen LogP contribution in [0.4, 0.5) is 0 Å². The maximum Gasteiger partial charge on any atom is 0.354 e. The standard InChI is InChI=1S/C14H19N3O4/c1-9(2)7-15-12(18)8-17(3)13(19)10-5-4-6-11(16-10)14(20)21/h4-6,9H,7-8H2,1-3H3,(H,15,18)(H,20,21). The maximum absolute atomic E-state index is 12.1. The van der Waals surface area contributed by atoms with Crippen molar-refractivity contribution in [1.82, 2.24) is 15.2 Å². The summed E-state index contributed by atoms with van der Waals surface area (Å²) in [5.74, 6) is -1.66. The van der Waals surface area contributed by atoms with E-state index in [4.69, 9.17) is 5.11 Å². The smallest absolute Gasteiger partial charge is 0.354 e. The Bertz CT molecular complexity index is 543. The first-order valence-electron chi connectivity index (χ1n) is 6.53. The number of carbonyl (C=O) groups is 3. The van der Waals surface area contributed by atoms with E-state index in [1.54, 1.807) is 0 Å². The van der Waals surface area contributed by atoms with E-state index in [0.717, 1.165) is 0 Å². The van der Waals surface area contributed by atoms with Gasteiger partial charge in [0.25, 0.3) is 5.91 Å². The van der Waals surface area contributed by atoms with Crippen LogP contribution in [0.1, 0.15) is 34.8 Å². The molecule has 2 N–H and O–H groups in total. The van der Waals surface area contributed by atoms with Crippen LogP contribution < -0.4 is 5.32 Å². The summed E-state index contributed by atoms with van der Waals surface area (Å²) >= 11 is 0. The van der Waals surface area contributed by atoms with Gasteiger partial charge in [-0.05, 0) is 18.1 Å². The maximum atomic E-state index is 12.1. The van der Waals surface area contributed by atoms with Crippen LogP contribution in [0.15, 0.2) is 18.2 Å². The largest absolute Gasteiger partial charge is 0.477 e. The zero-order valence-corrected chi connectivity index (χ0v) is 12.3. The van der Waals surface area contributed by atoms with Crippen LogP contribution in [0.5, 0.6) is 0 Å². The molecule has 0 atom stereocenters. The van der Waals surface area contributed by atoms with Gasteiger partial charge in [0.05, 0.1) is 6.54 Å². The van der Waals surface area contributed by atoms with Crippen LogP contribution in [0.3, 0.4) is 0 Å². The molecule has 7 heteroatoms. The number of aromatic carboxylic acids is 1. The fourth-order valence-corrected chi connectivity index (χ4v) is 1.53. The summed E-state index contributed by atoms with van der Waals surface area (Å²) in [6.07, 6.45) is 0. The van der Waals surface area contributed by atoms with Gasteiger partial charge in [0.15, 0.2) is 0 Å². The van der Waals surface area contributed by atoms with Crippen molar-refractivity contribution in [2.75, 3.05) is 20.1 Å². The summed E-state index contributed by atoms with van der Waals surface area (Å²) in [6.45, 7) is 4.37. The summed E-state index contributed by atoms with van der Waals surface area (Å²) in [5, 5.41) is 11.5. The lowest BCUT2D eigenvalue weighted by Crippen LogP contribution is -2.39. The molecule has 0 aliphatic heterocycles. The van der Waals surface area contributed by atoms with E-state index < -0.39 is 11.9 Å². The summed E-state index contributed by atoms with van der Waals surface area (Å²) in [7, 11) is 1.46. The fourth-order valence-electron chi connectivity index (χ4n) is 1.53. The van der Waals surface area contributed by atoms with Crippen molar-refractivity contribution in [2.24, 2.45) is 5.92 Å². The van der Waals surface area contributed by atoms with Gasteiger partial charge < -0.3 is 15.3 Å². The molecule has 0 aliphatic carbocycles. The molecule has 7 nitrogen and oxygen atoms in total. The second-order valence-corrected chi connectivity index (χ2v) is 5.07. The molecule has 0 aromatic carbocycles. The van der Waals surface area contributed by atoms with Crippen LogP contribution in [0, 0.1) is 5.92 Å². The predicted octanol–water partition coefficient (Wildman–Crippen LogP) is 0.624. The molecule has 0 fully saturated rings. The molecule has 0 spiro atoms. The van der Waals surface area contributed by atoms with E-state index in [2.05, 4.69) is 10.3 Å². The number of aromatic nitrogens is 1. The Morgan fingerprint density at radius 2 is 1.90 bits per heavy atom. The van der Waals surface area contributed by atoms with Gasteiger partial charge >= 0.3 is 5.97 Å². The zero-order valence-electron chi connectivity index (χ0n) is 12.3. The monoisotopic (exact) mass is 293 g/mol. The van der Waals surface area contributed by atoms with E-state index in [9.17, 15) is 14.4 Å². The molecule has 0 aliphatic rings. The van der Waals surface area contributed by atoms with E-state index in [1.165, 1.54) is 30.1 Å². The van der Waals surface area contributed by atoms with Gasteiger partial charge in [0.1, 0.15) is 11.4 Å². The molecule has 1 aromatic heterocycles. The van der Waals surface area contributed by atoms with Gasteiger partial charge in [-0.2, -0.15) is 0 Å². The number of nitrogens with one attached hydrogen (secondary N) is 1. The summed E-state index contributed by atoms with van der Waals surface area (Å²) in [4.78, 5) is 39.5. The number of amides is 2. The first kappa shape index (κ1) is 16.6. The lowest BCUT2D eigenvalue weighted by molar-refractivity contribution is -0.121. The molecule has 1 rings (SSSR count). The molecule has 0 saturated carbocycles. The van der Waals surface area contributed by atoms with Crippen LogP contribution in [-0.2, 0) is 4.79 Å². The number of rotatable bonds is 6. The summed E-state index contributed by atoms with van der Waals surface area (Å²) < 4.78 is 0. The molecular formula is C14H19N3O4. The van der Waals surface area contributed by atoms with E-state index >= 15 is 0 Å². The Hall–Kier alpha value is -2.44. The Kier molecular flexibility index (Phi) is 5.83. The average Bonchev–Trinajstić information content (AvgIpc) is 2.44. The Labute approximate surface area is 123 Å². The highest BCUT2D eigenvalue weighted by Crippen LogP contribution is 2.03. The number of carboxylic acids is 1. The van der Waals surface area contributed by atoms with Crippen molar-refractivity contribution in [3.05, 3.63) is 29.6 Å². The summed E-state index contributed by atoms with van der Waals surface area (Å²) in [5.41, 5.74) is -0.215. The lowest BCUT2D eigenvalue weighted by Gasteiger charge is -2.17. The number of nitrogens with zero attached hydrogens (tertiary/aromatic N) is 2. The molecule has 21 heavy (non-hydrogen) atoms. The highest BCUT2D eigenvalue weighted by molar-refractivity contribution is 5.96. The van der Waals surface area contributed by atoms with Gasteiger partial charge in [-0.25, -0.2) is 9.78 Å². The van der Waals surface area contributed by atoms with Gasteiger partial charge in [0.2, 0.25) is 5.91 Å². The Balaban J connectivity index is 2.68. The molecule has 0 radical (unpaired) electrons. The number of hydrogen-bond acceptors (Lipinski definition) is 4. The Morgan fingerprint density at radius 1 is 1.29 bits per heavy atom. The molecular weight excluding hydrogens is 274 g/mol. The zero-order chi connectivity index (χ0) is 16.0. The topological polar surface area (TPSA) is 99.6 Å². The number of carboxylic acid groups (broad SMARTS) is 1. The minimum Gasteiger partial charge on any atom is -0.477 e. The second-order valence-electron chi connectivity index (χ2n) is 5.07. The minimum absolute atomic E-state index is 0.00550. The van der Waals surface area contributed by atoms with Gasteiger partial charge in [-0.3, -0.25) is 9.59 Å². The van der Waals surface area contributed by atoms with Gasteiger partial charge in [-0.15, -0.1) is 0 Å². The third-order valence-corrected chi connectivity index (χ3v) is 2.62. The van der Waals surface area contributed by atoms with E-state index in [-0.39, 0.29) is 23.8 Å². The molecule has 1 heterocycles. The van der Waals surface area contributed by atoms with E-state index in [1.807, 2.05) is 13.8 Å². The van der Waals surface area contributed by atoms with E-state index in [0.29, 0.717) is 12.5 Å². The highest BCUT2D eigenvalue weighted by atomic mass is 16.4. The van der Waals surface area contributed by atoms with Crippen LogP contribution in [-0.4, -0.2) is 52.9 Å². The third-order valence-electron chi connectivity index (χ3n) is 2.62. The quantitative estimate of drug-likeness (QED) is 0.801. The number of likely N-dealkylation sites (N-methyl/N-ethyl adjacent to an activating group) is 1. The SMILES string of the molecule is CC(C)CNC(=O)CN(C)C(=O)c1cccc(C(=O)O)n1. The van der Waals surface area contributed by atoms with Crippen LogP contribution in [0.2, 0.25) is 0 Å². The normalized spacial score (nSPS) is 10.3. The predicted molar refractivity (Wildman–Crippen MR) is 76.0 cm³/mol. The molecule has 1 aromatic rings. The Morgan fingerprint density at radius 3 is 2.48 bits per heavy atom. The highest BCUT2D eigenvalue weighted by Gasteiger charge is 2.17. The summed E-state index contributed by atoms with van der Waals surface area (Å²) in [6, 6.07) is 4.15. The minimum atomic E-state index is -1.21. The van der Waals surface area contributed by atoms with Crippen molar-refractivity contribution in [3.8, 4) is 0 Å².